The zero-order valence-corrected chi connectivity index (χ0v) is 14.2. The standard InChI is InChI=1S/C18H26N2O4/c1-13(21)24-17-3-2-15(12-16(17)22)18(14-4-10-23-11-5-14)20-8-6-19-7-9-20/h2-3,12,14,18-19,22H,4-11H2,1H3/t18-/m0/s1. The maximum Gasteiger partial charge on any atom is 0.308 e. The Kier molecular flexibility index (Phi) is 5.71. The molecule has 0 unspecified atom stereocenters. The Balaban J connectivity index is 1.86. The zero-order chi connectivity index (χ0) is 16.9. The van der Waals surface area contributed by atoms with E-state index in [2.05, 4.69) is 10.2 Å². The number of hydrogen-bond acceptors (Lipinski definition) is 6. The molecule has 0 amide bonds. The van der Waals surface area contributed by atoms with E-state index < -0.39 is 5.97 Å². The van der Waals surface area contributed by atoms with Crippen LogP contribution in [0.15, 0.2) is 18.2 Å². The third-order valence-corrected chi connectivity index (χ3v) is 4.84. The lowest BCUT2D eigenvalue weighted by Gasteiger charge is -2.41. The first kappa shape index (κ1) is 17.2. The van der Waals surface area contributed by atoms with Crippen molar-refractivity contribution >= 4 is 5.97 Å². The Bertz CT molecular complexity index is 548. The Labute approximate surface area is 142 Å². The average Bonchev–Trinajstić information content (AvgIpc) is 2.59. The first-order valence-corrected chi connectivity index (χ1v) is 8.69. The molecule has 2 aliphatic rings. The number of ether oxygens (including phenoxy) is 2. The minimum atomic E-state index is -0.430. The number of hydrogen-bond donors (Lipinski definition) is 2. The topological polar surface area (TPSA) is 71.0 Å². The Morgan fingerprint density at radius 2 is 2.04 bits per heavy atom. The van der Waals surface area contributed by atoms with Crippen molar-refractivity contribution in [3.8, 4) is 11.5 Å². The molecule has 2 saturated heterocycles. The molecular formula is C18H26N2O4. The van der Waals surface area contributed by atoms with Crippen molar-refractivity contribution in [2.24, 2.45) is 5.92 Å². The van der Waals surface area contributed by atoms with Crippen LogP contribution in [-0.4, -0.2) is 55.4 Å². The second-order valence-electron chi connectivity index (χ2n) is 6.50. The van der Waals surface area contributed by atoms with E-state index in [9.17, 15) is 9.90 Å². The maximum absolute atomic E-state index is 11.1. The molecule has 1 aromatic rings. The monoisotopic (exact) mass is 334 g/mol. The zero-order valence-electron chi connectivity index (χ0n) is 14.2. The van der Waals surface area contributed by atoms with Crippen LogP contribution in [0.1, 0.15) is 31.4 Å². The molecule has 2 heterocycles. The van der Waals surface area contributed by atoms with Crippen LogP contribution in [0, 0.1) is 5.92 Å². The van der Waals surface area contributed by atoms with Crippen molar-refractivity contribution in [2.45, 2.75) is 25.8 Å². The fourth-order valence-corrected chi connectivity index (χ4v) is 3.73. The quantitative estimate of drug-likeness (QED) is 0.645. The van der Waals surface area contributed by atoms with Gasteiger partial charge in [0.15, 0.2) is 11.5 Å². The molecule has 2 N–H and O–H groups in total. The van der Waals surface area contributed by atoms with Gasteiger partial charge in [-0.25, -0.2) is 0 Å². The lowest BCUT2D eigenvalue weighted by Crippen LogP contribution is -2.47. The number of carbonyl (C=O) groups excluding carboxylic acids is 1. The molecule has 24 heavy (non-hydrogen) atoms. The fourth-order valence-electron chi connectivity index (χ4n) is 3.73. The third kappa shape index (κ3) is 4.06. The number of phenols is 1. The third-order valence-electron chi connectivity index (χ3n) is 4.84. The van der Waals surface area contributed by atoms with Gasteiger partial charge in [-0.15, -0.1) is 0 Å². The molecule has 2 aliphatic heterocycles. The van der Waals surface area contributed by atoms with Gasteiger partial charge in [-0.2, -0.15) is 0 Å². The van der Waals surface area contributed by atoms with E-state index in [4.69, 9.17) is 9.47 Å². The van der Waals surface area contributed by atoms with Gasteiger partial charge >= 0.3 is 5.97 Å². The second kappa shape index (κ2) is 7.96. The lowest BCUT2D eigenvalue weighted by atomic mass is 9.85. The van der Waals surface area contributed by atoms with Crippen molar-refractivity contribution in [1.29, 1.82) is 0 Å². The van der Waals surface area contributed by atoms with Crippen molar-refractivity contribution in [3.05, 3.63) is 23.8 Å². The smallest absolute Gasteiger partial charge is 0.308 e. The van der Waals surface area contributed by atoms with Gasteiger partial charge in [-0.1, -0.05) is 6.07 Å². The first-order valence-electron chi connectivity index (χ1n) is 8.69. The molecule has 1 aromatic carbocycles. The number of nitrogens with one attached hydrogen (secondary N) is 1. The summed E-state index contributed by atoms with van der Waals surface area (Å²) < 4.78 is 10.6. The van der Waals surface area contributed by atoms with Crippen LogP contribution < -0.4 is 10.1 Å². The van der Waals surface area contributed by atoms with Gasteiger partial charge in [-0.05, 0) is 36.5 Å². The van der Waals surface area contributed by atoms with Crippen molar-refractivity contribution in [2.75, 3.05) is 39.4 Å². The number of carbonyl (C=O) groups is 1. The fraction of sp³-hybridized carbons (Fsp3) is 0.611. The van der Waals surface area contributed by atoms with Crippen LogP contribution >= 0.6 is 0 Å². The van der Waals surface area contributed by atoms with Gasteiger partial charge in [0.25, 0.3) is 0 Å². The molecule has 6 heteroatoms. The molecule has 0 spiro atoms. The predicted molar refractivity (Wildman–Crippen MR) is 90.1 cm³/mol. The van der Waals surface area contributed by atoms with E-state index in [1.54, 1.807) is 12.1 Å². The van der Waals surface area contributed by atoms with Crippen LogP contribution in [0.25, 0.3) is 0 Å². The summed E-state index contributed by atoms with van der Waals surface area (Å²) in [7, 11) is 0. The highest BCUT2D eigenvalue weighted by Gasteiger charge is 2.31. The molecule has 1 atom stereocenters. The number of phenolic OH excluding ortho intramolecular Hbond substituents is 1. The van der Waals surface area contributed by atoms with Crippen LogP contribution in [-0.2, 0) is 9.53 Å². The predicted octanol–water partition coefficient (Wildman–Crippen LogP) is 1.69. The van der Waals surface area contributed by atoms with Crippen LogP contribution in [0.3, 0.4) is 0 Å². The van der Waals surface area contributed by atoms with E-state index >= 15 is 0 Å². The molecule has 2 fully saturated rings. The summed E-state index contributed by atoms with van der Waals surface area (Å²) in [5.41, 5.74) is 1.08. The molecule has 0 aliphatic carbocycles. The van der Waals surface area contributed by atoms with E-state index in [0.717, 1.165) is 57.8 Å². The molecule has 132 valence electrons. The number of aromatic hydroxyl groups is 1. The van der Waals surface area contributed by atoms with E-state index in [1.165, 1.54) is 6.92 Å². The van der Waals surface area contributed by atoms with E-state index in [0.29, 0.717) is 5.92 Å². The summed E-state index contributed by atoms with van der Waals surface area (Å²) in [6.07, 6.45) is 2.06. The molecule has 0 bridgehead atoms. The highest BCUT2D eigenvalue weighted by molar-refractivity contribution is 5.70. The van der Waals surface area contributed by atoms with Gasteiger partial charge in [0.05, 0.1) is 0 Å². The highest BCUT2D eigenvalue weighted by atomic mass is 16.5. The largest absolute Gasteiger partial charge is 0.504 e. The summed E-state index contributed by atoms with van der Waals surface area (Å²) in [5, 5.41) is 13.6. The van der Waals surface area contributed by atoms with E-state index in [-0.39, 0.29) is 17.5 Å². The molecule has 0 aromatic heterocycles. The summed E-state index contributed by atoms with van der Waals surface area (Å²) in [6.45, 7) is 6.88. The highest BCUT2D eigenvalue weighted by Crippen LogP contribution is 2.38. The van der Waals surface area contributed by atoms with Crippen molar-refractivity contribution < 1.29 is 19.4 Å². The van der Waals surface area contributed by atoms with E-state index in [1.807, 2.05) is 6.07 Å². The number of benzene rings is 1. The lowest BCUT2D eigenvalue weighted by molar-refractivity contribution is -0.132. The van der Waals surface area contributed by atoms with Gasteiger partial charge in [0, 0.05) is 52.4 Å². The van der Waals surface area contributed by atoms with Crippen LogP contribution in [0.5, 0.6) is 11.5 Å². The van der Waals surface area contributed by atoms with Gasteiger partial charge in [-0.3, -0.25) is 9.69 Å². The Morgan fingerprint density at radius 1 is 1.33 bits per heavy atom. The Hall–Kier alpha value is -1.63. The molecule has 0 saturated carbocycles. The van der Waals surface area contributed by atoms with Gasteiger partial charge < -0.3 is 19.9 Å². The number of piperazine rings is 1. The van der Waals surface area contributed by atoms with Crippen LogP contribution in [0.2, 0.25) is 0 Å². The Morgan fingerprint density at radius 3 is 2.67 bits per heavy atom. The maximum atomic E-state index is 11.1. The number of nitrogens with zero attached hydrogens (tertiary/aromatic N) is 1. The number of esters is 1. The van der Waals surface area contributed by atoms with Crippen molar-refractivity contribution in [1.82, 2.24) is 10.2 Å². The minimum absolute atomic E-state index is 0.0230. The SMILES string of the molecule is CC(=O)Oc1ccc([C@H](C2CCOCC2)N2CCNCC2)cc1O. The van der Waals surface area contributed by atoms with Crippen molar-refractivity contribution in [3.63, 3.8) is 0 Å². The minimum Gasteiger partial charge on any atom is -0.504 e. The first-order chi connectivity index (χ1) is 11.6. The molecule has 3 rings (SSSR count). The summed E-state index contributed by atoms with van der Waals surface area (Å²) in [6, 6.07) is 5.68. The second-order valence-corrected chi connectivity index (χ2v) is 6.50. The molecular weight excluding hydrogens is 308 g/mol. The molecule has 0 radical (unpaired) electrons. The van der Waals surface area contributed by atoms with Crippen LogP contribution in [0.4, 0.5) is 0 Å². The summed E-state index contributed by atoms with van der Waals surface area (Å²) in [4.78, 5) is 13.6. The van der Waals surface area contributed by atoms with Gasteiger partial charge in [0.1, 0.15) is 0 Å². The normalized spacial score (nSPS) is 21.4. The van der Waals surface area contributed by atoms with Gasteiger partial charge in [0.2, 0.25) is 0 Å². The number of rotatable bonds is 4. The average molecular weight is 334 g/mol. The summed E-state index contributed by atoms with van der Waals surface area (Å²) in [5.74, 6) is 0.323. The summed E-state index contributed by atoms with van der Waals surface area (Å²) >= 11 is 0. The molecule has 6 nitrogen and oxygen atoms in total.